The average Bonchev–Trinajstić information content (AvgIpc) is 2.71. The van der Waals surface area contributed by atoms with Gasteiger partial charge in [-0.05, 0) is 23.3 Å². The van der Waals surface area contributed by atoms with Crippen LogP contribution >= 0.6 is 0 Å². The van der Waals surface area contributed by atoms with Crippen molar-refractivity contribution >= 4 is 16.9 Å². The molecule has 0 fully saturated rings. The van der Waals surface area contributed by atoms with Gasteiger partial charge in [-0.3, -0.25) is 4.79 Å². The molecule has 0 heterocycles. The molecule has 6 nitrogen and oxygen atoms in total. The monoisotopic (exact) mass is 418 g/mol. The van der Waals surface area contributed by atoms with Crippen molar-refractivity contribution in [1.82, 2.24) is 9.62 Å². The summed E-state index contributed by atoms with van der Waals surface area (Å²) in [5.74, 6) is 1.22. The largest absolute Gasteiger partial charge is 0.493 e. The van der Waals surface area contributed by atoms with Gasteiger partial charge in [-0.15, -0.1) is 0 Å². The lowest BCUT2D eigenvalue weighted by molar-refractivity contribution is -0.135. The smallest absolute Gasteiger partial charge is 0.225 e. The standard InChI is InChI=1S/C22H30N2O4S/c1-17(2)22(25)24(13-12-23-29(4)26)15-19-10-11-20(21(14-19)27-3)28-16-18-8-6-5-7-9-18/h5-11,14,17,23H,12-13,15-16H2,1-4H3. The van der Waals surface area contributed by atoms with E-state index in [2.05, 4.69) is 4.72 Å². The number of hydrogen-bond acceptors (Lipinski definition) is 4. The maximum atomic E-state index is 12.6. The van der Waals surface area contributed by atoms with Crippen LogP contribution in [0.1, 0.15) is 25.0 Å². The number of hydrogen-bond donors (Lipinski definition) is 1. The quantitative estimate of drug-likeness (QED) is 0.609. The minimum atomic E-state index is -1.10. The molecule has 0 saturated heterocycles. The number of benzene rings is 2. The fraction of sp³-hybridized carbons (Fsp3) is 0.409. The second-order valence-electron chi connectivity index (χ2n) is 7.02. The first-order chi connectivity index (χ1) is 13.9. The second kappa shape index (κ2) is 11.6. The van der Waals surface area contributed by atoms with Crippen LogP contribution in [-0.4, -0.2) is 41.5 Å². The summed E-state index contributed by atoms with van der Waals surface area (Å²) in [6.07, 6.45) is 1.58. The van der Waals surface area contributed by atoms with Gasteiger partial charge in [0.15, 0.2) is 11.5 Å². The topological polar surface area (TPSA) is 67.9 Å². The van der Waals surface area contributed by atoms with Crippen molar-refractivity contribution in [3.8, 4) is 11.5 Å². The highest BCUT2D eigenvalue weighted by molar-refractivity contribution is 7.82. The van der Waals surface area contributed by atoms with Crippen LogP contribution in [0.5, 0.6) is 11.5 Å². The number of carbonyl (C=O) groups excluding carboxylic acids is 1. The first-order valence-corrected chi connectivity index (χ1v) is 11.2. The lowest BCUT2D eigenvalue weighted by Gasteiger charge is -2.25. The first kappa shape index (κ1) is 22.9. The van der Waals surface area contributed by atoms with E-state index in [0.717, 1.165) is 11.1 Å². The van der Waals surface area contributed by atoms with Gasteiger partial charge in [0, 0.05) is 31.8 Å². The van der Waals surface area contributed by atoms with Crippen molar-refractivity contribution in [1.29, 1.82) is 0 Å². The molecule has 2 rings (SSSR count). The summed E-state index contributed by atoms with van der Waals surface area (Å²) < 4.78 is 25.5. The van der Waals surface area contributed by atoms with Crippen molar-refractivity contribution in [2.75, 3.05) is 26.5 Å². The molecule has 0 aliphatic carbocycles. The predicted octanol–water partition coefficient (Wildman–Crippen LogP) is 3.14. The molecule has 0 aliphatic heterocycles. The molecule has 0 saturated carbocycles. The fourth-order valence-corrected chi connectivity index (χ4v) is 3.22. The van der Waals surface area contributed by atoms with E-state index in [9.17, 15) is 9.00 Å². The molecule has 1 N–H and O–H groups in total. The summed E-state index contributed by atoms with van der Waals surface area (Å²) in [5.41, 5.74) is 2.02. The van der Waals surface area contributed by atoms with Gasteiger partial charge >= 0.3 is 0 Å². The second-order valence-corrected chi connectivity index (χ2v) is 8.22. The van der Waals surface area contributed by atoms with Crippen LogP contribution in [0.4, 0.5) is 0 Å². The Morgan fingerprint density at radius 3 is 2.45 bits per heavy atom. The number of nitrogens with zero attached hydrogens (tertiary/aromatic N) is 1. The third-order valence-electron chi connectivity index (χ3n) is 4.33. The van der Waals surface area contributed by atoms with Gasteiger partial charge < -0.3 is 14.4 Å². The van der Waals surface area contributed by atoms with Crippen LogP contribution in [-0.2, 0) is 28.9 Å². The van der Waals surface area contributed by atoms with Crippen molar-refractivity contribution in [2.45, 2.75) is 27.0 Å². The summed E-state index contributed by atoms with van der Waals surface area (Å²) >= 11 is 0. The molecule has 0 bridgehead atoms. The van der Waals surface area contributed by atoms with Crippen LogP contribution < -0.4 is 14.2 Å². The summed E-state index contributed by atoms with van der Waals surface area (Å²) in [6, 6.07) is 15.6. The van der Waals surface area contributed by atoms with Crippen LogP contribution in [0.25, 0.3) is 0 Å². The Morgan fingerprint density at radius 1 is 1.10 bits per heavy atom. The third kappa shape index (κ3) is 7.51. The Morgan fingerprint density at radius 2 is 1.83 bits per heavy atom. The van der Waals surface area contributed by atoms with Crippen LogP contribution in [0.3, 0.4) is 0 Å². The molecular formula is C22H30N2O4S. The minimum Gasteiger partial charge on any atom is -0.493 e. The molecular weight excluding hydrogens is 388 g/mol. The van der Waals surface area contributed by atoms with E-state index >= 15 is 0 Å². The highest BCUT2D eigenvalue weighted by Gasteiger charge is 2.18. The number of amides is 1. The molecule has 1 unspecified atom stereocenters. The highest BCUT2D eigenvalue weighted by atomic mass is 32.2. The van der Waals surface area contributed by atoms with E-state index in [1.54, 1.807) is 18.3 Å². The Hall–Kier alpha value is -2.38. The normalized spacial score (nSPS) is 11.9. The number of methoxy groups -OCH3 is 1. The van der Waals surface area contributed by atoms with Gasteiger partial charge in [-0.25, -0.2) is 8.93 Å². The van der Waals surface area contributed by atoms with Crippen molar-refractivity contribution < 1.29 is 18.5 Å². The third-order valence-corrected chi connectivity index (χ3v) is 4.94. The summed E-state index contributed by atoms with van der Waals surface area (Å²) in [5, 5.41) is 0. The number of carbonyl (C=O) groups is 1. The SMILES string of the molecule is COc1cc(CN(CCNS(C)=O)C(=O)C(C)C)ccc1OCc1ccccc1. The predicted molar refractivity (Wildman–Crippen MR) is 116 cm³/mol. The molecule has 0 aromatic heterocycles. The zero-order chi connectivity index (χ0) is 21.2. The average molecular weight is 419 g/mol. The summed E-state index contributed by atoms with van der Waals surface area (Å²) in [4.78, 5) is 14.3. The van der Waals surface area contributed by atoms with Gasteiger partial charge in [-0.2, -0.15) is 0 Å². The van der Waals surface area contributed by atoms with E-state index in [4.69, 9.17) is 9.47 Å². The highest BCUT2D eigenvalue weighted by Crippen LogP contribution is 2.29. The van der Waals surface area contributed by atoms with Crippen molar-refractivity contribution in [3.05, 3.63) is 59.7 Å². The Kier molecular flexibility index (Phi) is 9.15. The number of nitrogens with one attached hydrogen (secondary N) is 1. The molecule has 0 aliphatic rings. The Bertz CT molecular complexity index is 812. The van der Waals surface area contributed by atoms with Gasteiger partial charge in [-0.1, -0.05) is 50.2 Å². The zero-order valence-electron chi connectivity index (χ0n) is 17.5. The molecule has 0 spiro atoms. The van der Waals surface area contributed by atoms with Crippen LogP contribution in [0, 0.1) is 5.92 Å². The molecule has 2 aromatic carbocycles. The van der Waals surface area contributed by atoms with Gasteiger partial charge in [0.05, 0.1) is 18.1 Å². The molecule has 1 atom stereocenters. The molecule has 158 valence electrons. The van der Waals surface area contributed by atoms with Crippen LogP contribution in [0.2, 0.25) is 0 Å². The Labute approximate surface area is 175 Å². The maximum Gasteiger partial charge on any atom is 0.225 e. The molecule has 0 radical (unpaired) electrons. The van der Waals surface area contributed by atoms with Crippen molar-refractivity contribution in [2.24, 2.45) is 5.92 Å². The van der Waals surface area contributed by atoms with E-state index in [-0.39, 0.29) is 11.8 Å². The van der Waals surface area contributed by atoms with E-state index in [0.29, 0.717) is 37.7 Å². The van der Waals surface area contributed by atoms with Crippen molar-refractivity contribution in [3.63, 3.8) is 0 Å². The maximum absolute atomic E-state index is 12.6. The molecule has 29 heavy (non-hydrogen) atoms. The van der Waals surface area contributed by atoms with E-state index in [1.165, 1.54) is 0 Å². The molecule has 7 heteroatoms. The van der Waals surface area contributed by atoms with Gasteiger partial charge in [0.1, 0.15) is 6.61 Å². The van der Waals surface area contributed by atoms with Gasteiger partial charge in [0.2, 0.25) is 5.91 Å². The lowest BCUT2D eigenvalue weighted by atomic mass is 10.1. The zero-order valence-corrected chi connectivity index (χ0v) is 18.3. The lowest BCUT2D eigenvalue weighted by Crippen LogP contribution is -2.39. The Balaban J connectivity index is 2.08. The minimum absolute atomic E-state index is 0.0528. The fourth-order valence-electron chi connectivity index (χ4n) is 2.84. The number of ether oxygens (including phenoxy) is 2. The van der Waals surface area contributed by atoms with Crippen LogP contribution in [0.15, 0.2) is 48.5 Å². The number of rotatable bonds is 11. The molecule has 1 amide bonds. The summed E-state index contributed by atoms with van der Waals surface area (Å²) in [6.45, 7) is 5.60. The van der Waals surface area contributed by atoms with Gasteiger partial charge in [0.25, 0.3) is 0 Å². The first-order valence-electron chi connectivity index (χ1n) is 9.60. The van der Waals surface area contributed by atoms with E-state index < -0.39 is 11.0 Å². The van der Waals surface area contributed by atoms with E-state index in [1.807, 2.05) is 62.4 Å². The summed E-state index contributed by atoms with van der Waals surface area (Å²) in [7, 11) is 0.500. The molecule has 2 aromatic rings.